The van der Waals surface area contributed by atoms with Crippen LogP contribution < -0.4 is 5.73 Å². The van der Waals surface area contributed by atoms with Gasteiger partial charge in [-0.1, -0.05) is 0 Å². The number of amidine groups is 1. The van der Waals surface area contributed by atoms with Gasteiger partial charge in [-0.3, -0.25) is 4.98 Å². The summed E-state index contributed by atoms with van der Waals surface area (Å²) in [5, 5.41) is 8.91. The Labute approximate surface area is 86.0 Å². The highest BCUT2D eigenvalue weighted by Crippen LogP contribution is 2.24. The summed E-state index contributed by atoms with van der Waals surface area (Å²) in [6.07, 6.45) is 4.88. The molecule has 0 aliphatic carbocycles. The molecule has 0 aromatic carbocycles. The van der Waals surface area contributed by atoms with Gasteiger partial charge in [0, 0.05) is 23.8 Å². The van der Waals surface area contributed by atoms with E-state index in [1.807, 2.05) is 0 Å². The number of nitrogens with two attached hydrogens (primary N) is 1. The van der Waals surface area contributed by atoms with Crippen LogP contribution in [0.4, 0.5) is 5.69 Å². The van der Waals surface area contributed by atoms with Crippen LogP contribution in [0, 0.1) is 0 Å². The Morgan fingerprint density at radius 2 is 2.33 bits per heavy atom. The molecule has 0 radical (unpaired) electrons. The number of pyridine rings is 1. The van der Waals surface area contributed by atoms with Crippen LogP contribution in [0.3, 0.4) is 0 Å². The van der Waals surface area contributed by atoms with Gasteiger partial charge >= 0.3 is 5.97 Å². The second kappa shape index (κ2) is 3.53. The molecule has 2 rings (SSSR count). The number of aromatic nitrogens is 1. The van der Waals surface area contributed by atoms with Crippen molar-refractivity contribution in [1.29, 1.82) is 0 Å². The molecule has 0 spiro atoms. The number of aliphatic imine (C=N–C) groups is 1. The predicted molar refractivity (Wildman–Crippen MR) is 55.7 cm³/mol. The van der Waals surface area contributed by atoms with Crippen molar-refractivity contribution in [3.63, 3.8) is 0 Å². The number of carboxylic acid groups (broad SMARTS) is 1. The highest BCUT2D eigenvalue weighted by molar-refractivity contribution is 6.02. The van der Waals surface area contributed by atoms with Crippen molar-refractivity contribution >= 4 is 23.6 Å². The van der Waals surface area contributed by atoms with Crippen molar-refractivity contribution < 1.29 is 9.90 Å². The minimum Gasteiger partial charge on any atom is -0.478 e. The summed E-state index contributed by atoms with van der Waals surface area (Å²) in [5.41, 5.74) is 7.16. The first-order valence-electron chi connectivity index (χ1n) is 4.38. The van der Waals surface area contributed by atoms with E-state index in [1.165, 1.54) is 0 Å². The highest BCUT2D eigenvalue weighted by atomic mass is 16.4. The van der Waals surface area contributed by atoms with Crippen LogP contribution in [0.2, 0.25) is 0 Å². The SMILES string of the molecule is NC1=Nc2cnccc2C=C(C(=O)O)C1. The van der Waals surface area contributed by atoms with Gasteiger partial charge in [0.15, 0.2) is 0 Å². The second-order valence-corrected chi connectivity index (χ2v) is 3.19. The monoisotopic (exact) mass is 203 g/mol. The number of hydrogen-bond donors (Lipinski definition) is 2. The van der Waals surface area contributed by atoms with Gasteiger partial charge in [0.2, 0.25) is 0 Å². The number of aliphatic carboxylic acids is 1. The van der Waals surface area contributed by atoms with Crippen LogP contribution in [0.5, 0.6) is 0 Å². The molecule has 5 heteroatoms. The smallest absolute Gasteiger partial charge is 0.332 e. The van der Waals surface area contributed by atoms with Gasteiger partial charge < -0.3 is 10.8 Å². The molecule has 1 aromatic rings. The van der Waals surface area contributed by atoms with Crippen LogP contribution >= 0.6 is 0 Å². The maximum Gasteiger partial charge on any atom is 0.332 e. The minimum absolute atomic E-state index is 0.157. The van der Waals surface area contributed by atoms with Gasteiger partial charge in [0.1, 0.15) is 5.84 Å². The molecule has 0 unspecified atom stereocenters. The number of fused-ring (bicyclic) bond motifs is 1. The first kappa shape index (κ1) is 9.39. The van der Waals surface area contributed by atoms with E-state index >= 15 is 0 Å². The highest BCUT2D eigenvalue weighted by Gasteiger charge is 2.14. The summed E-state index contributed by atoms with van der Waals surface area (Å²) in [6.45, 7) is 0. The lowest BCUT2D eigenvalue weighted by Crippen LogP contribution is -2.14. The molecule has 76 valence electrons. The van der Waals surface area contributed by atoms with Crippen molar-refractivity contribution in [3.05, 3.63) is 29.6 Å². The van der Waals surface area contributed by atoms with E-state index in [2.05, 4.69) is 9.98 Å². The Hall–Kier alpha value is -2.17. The fraction of sp³-hybridized carbons (Fsp3) is 0.100. The summed E-state index contributed by atoms with van der Waals surface area (Å²) in [6, 6.07) is 1.71. The standard InChI is InChI=1S/C10H9N3O2/c11-9-4-7(10(14)15)3-6-1-2-12-5-8(6)13-9/h1-3,5H,4H2,(H2,11,13)(H,14,15). The minimum atomic E-state index is -0.974. The number of carbonyl (C=O) groups is 1. The Morgan fingerprint density at radius 3 is 3.07 bits per heavy atom. The van der Waals surface area contributed by atoms with E-state index in [9.17, 15) is 4.79 Å². The van der Waals surface area contributed by atoms with E-state index in [0.29, 0.717) is 5.69 Å². The largest absolute Gasteiger partial charge is 0.478 e. The van der Waals surface area contributed by atoms with E-state index in [-0.39, 0.29) is 17.8 Å². The molecule has 5 nitrogen and oxygen atoms in total. The Balaban J connectivity index is 2.58. The Kier molecular flexibility index (Phi) is 2.21. The third kappa shape index (κ3) is 1.85. The molecule has 0 saturated heterocycles. The van der Waals surface area contributed by atoms with Gasteiger partial charge in [-0.05, 0) is 12.1 Å². The second-order valence-electron chi connectivity index (χ2n) is 3.19. The molecule has 3 N–H and O–H groups in total. The molecule has 0 bridgehead atoms. The van der Waals surface area contributed by atoms with Crippen molar-refractivity contribution in [2.75, 3.05) is 0 Å². The van der Waals surface area contributed by atoms with Crippen molar-refractivity contribution in [2.24, 2.45) is 10.7 Å². The van der Waals surface area contributed by atoms with Crippen LogP contribution in [0.15, 0.2) is 29.0 Å². The molecule has 2 heterocycles. The quantitative estimate of drug-likeness (QED) is 0.710. The van der Waals surface area contributed by atoms with Gasteiger partial charge in [0.25, 0.3) is 0 Å². The van der Waals surface area contributed by atoms with Gasteiger partial charge in [-0.15, -0.1) is 0 Å². The third-order valence-electron chi connectivity index (χ3n) is 2.07. The molecule has 15 heavy (non-hydrogen) atoms. The first-order valence-corrected chi connectivity index (χ1v) is 4.38. The average Bonchev–Trinajstić information content (AvgIpc) is 2.35. The van der Waals surface area contributed by atoms with Gasteiger partial charge in [-0.25, -0.2) is 9.79 Å². The zero-order chi connectivity index (χ0) is 10.8. The fourth-order valence-corrected chi connectivity index (χ4v) is 1.38. The molecule has 0 amide bonds. The van der Waals surface area contributed by atoms with Crippen LogP contribution in [0.25, 0.3) is 6.08 Å². The number of hydrogen-bond acceptors (Lipinski definition) is 4. The maximum absolute atomic E-state index is 10.9. The van der Waals surface area contributed by atoms with Crippen molar-refractivity contribution in [2.45, 2.75) is 6.42 Å². The van der Waals surface area contributed by atoms with Crippen LogP contribution in [-0.4, -0.2) is 21.9 Å². The molecule has 0 saturated carbocycles. The zero-order valence-electron chi connectivity index (χ0n) is 7.84. The maximum atomic E-state index is 10.9. The van der Waals surface area contributed by atoms with Crippen LogP contribution in [0.1, 0.15) is 12.0 Å². The molecule has 0 atom stereocenters. The summed E-state index contributed by atoms with van der Waals surface area (Å²) in [7, 11) is 0. The van der Waals surface area contributed by atoms with E-state index < -0.39 is 5.97 Å². The van der Waals surface area contributed by atoms with E-state index in [1.54, 1.807) is 24.5 Å². The predicted octanol–water partition coefficient (Wildman–Crippen LogP) is 0.942. The van der Waals surface area contributed by atoms with Crippen molar-refractivity contribution in [3.8, 4) is 0 Å². The van der Waals surface area contributed by atoms with E-state index in [0.717, 1.165) is 5.56 Å². The lowest BCUT2D eigenvalue weighted by Gasteiger charge is -1.97. The Bertz CT molecular complexity index is 477. The van der Waals surface area contributed by atoms with E-state index in [4.69, 9.17) is 10.8 Å². The topological polar surface area (TPSA) is 88.6 Å². The molecule has 1 aromatic heterocycles. The number of nitrogens with zero attached hydrogens (tertiary/aromatic N) is 2. The van der Waals surface area contributed by atoms with Crippen LogP contribution in [-0.2, 0) is 4.79 Å². The number of rotatable bonds is 1. The molecular weight excluding hydrogens is 194 g/mol. The first-order chi connectivity index (χ1) is 7.16. The molecule has 1 aliphatic heterocycles. The average molecular weight is 203 g/mol. The third-order valence-corrected chi connectivity index (χ3v) is 2.07. The summed E-state index contributed by atoms with van der Waals surface area (Å²) >= 11 is 0. The van der Waals surface area contributed by atoms with Gasteiger partial charge in [0.05, 0.1) is 11.9 Å². The summed E-state index contributed by atoms with van der Waals surface area (Å²) in [4.78, 5) is 18.9. The molecule has 0 fully saturated rings. The Morgan fingerprint density at radius 1 is 1.53 bits per heavy atom. The molecule has 1 aliphatic rings. The fourth-order valence-electron chi connectivity index (χ4n) is 1.38. The normalized spacial score (nSPS) is 14.7. The summed E-state index contributed by atoms with van der Waals surface area (Å²) < 4.78 is 0. The zero-order valence-corrected chi connectivity index (χ0v) is 7.84. The summed E-state index contributed by atoms with van der Waals surface area (Å²) in [5.74, 6) is -0.687. The van der Waals surface area contributed by atoms with Gasteiger partial charge in [-0.2, -0.15) is 0 Å². The number of carboxylic acids is 1. The lowest BCUT2D eigenvalue weighted by atomic mass is 10.1. The lowest BCUT2D eigenvalue weighted by molar-refractivity contribution is -0.132. The molecular formula is C10H9N3O2. The van der Waals surface area contributed by atoms with Crippen molar-refractivity contribution in [1.82, 2.24) is 4.98 Å².